The fourth-order valence-corrected chi connectivity index (χ4v) is 2.97. The highest BCUT2D eigenvalue weighted by atomic mass is 16.5. The van der Waals surface area contributed by atoms with Gasteiger partial charge in [-0.1, -0.05) is 42.5 Å². The highest BCUT2D eigenvalue weighted by molar-refractivity contribution is 6.06. The third-order valence-electron chi connectivity index (χ3n) is 4.49. The van der Waals surface area contributed by atoms with E-state index in [9.17, 15) is 14.4 Å². The lowest BCUT2D eigenvalue weighted by atomic mass is 10.0. The Morgan fingerprint density at radius 3 is 2.50 bits per heavy atom. The number of ketones is 1. The van der Waals surface area contributed by atoms with Crippen LogP contribution in [0.4, 0.5) is 0 Å². The molecule has 0 bridgehead atoms. The summed E-state index contributed by atoms with van der Waals surface area (Å²) in [6.45, 7) is 3.59. The van der Waals surface area contributed by atoms with Gasteiger partial charge >= 0.3 is 5.97 Å². The first-order valence-electron chi connectivity index (χ1n) is 9.10. The number of Topliss-reactive ketones (excluding diaryl/α,β-unsaturated/α-hetero) is 1. The SMILES string of the molecule is CC(=O)NCCc1ccc(C(=O)[C@H](C)OC(=O)c2c[nH]c3ccccc23)cc1. The molecule has 0 spiro atoms. The highest BCUT2D eigenvalue weighted by Gasteiger charge is 2.22. The molecule has 6 heteroatoms. The highest BCUT2D eigenvalue weighted by Crippen LogP contribution is 2.19. The second-order valence-electron chi connectivity index (χ2n) is 6.59. The lowest BCUT2D eigenvalue weighted by molar-refractivity contribution is -0.118. The van der Waals surface area contributed by atoms with E-state index in [-0.39, 0.29) is 11.7 Å². The Hall–Kier alpha value is -3.41. The van der Waals surface area contributed by atoms with Crippen molar-refractivity contribution in [2.24, 2.45) is 0 Å². The normalized spacial score (nSPS) is 11.8. The number of carbonyl (C=O) groups excluding carboxylic acids is 3. The predicted octanol–water partition coefficient (Wildman–Crippen LogP) is 3.27. The van der Waals surface area contributed by atoms with Crippen LogP contribution in [0.25, 0.3) is 10.9 Å². The number of carbonyl (C=O) groups is 3. The molecule has 0 saturated carbocycles. The van der Waals surface area contributed by atoms with Gasteiger partial charge in [-0.3, -0.25) is 9.59 Å². The van der Waals surface area contributed by atoms with Crippen molar-refractivity contribution in [3.05, 3.63) is 71.4 Å². The van der Waals surface area contributed by atoms with Gasteiger partial charge in [0.15, 0.2) is 6.10 Å². The minimum Gasteiger partial charge on any atom is -0.451 e. The van der Waals surface area contributed by atoms with Crippen LogP contribution in [0.2, 0.25) is 0 Å². The summed E-state index contributed by atoms with van der Waals surface area (Å²) in [7, 11) is 0. The number of fused-ring (bicyclic) bond motifs is 1. The van der Waals surface area contributed by atoms with Crippen molar-refractivity contribution in [1.82, 2.24) is 10.3 Å². The molecule has 28 heavy (non-hydrogen) atoms. The zero-order chi connectivity index (χ0) is 20.1. The number of H-pyrrole nitrogens is 1. The fourth-order valence-electron chi connectivity index (χ4n) is 2.97. The third kappa shape index (κ3) is 4.46. The molecule has 0 aliphatic heterocycles. The Labute approximate surface area is 162 Å². The van der Waals surface area contributed by atoms with Crippen LogP contribution in [0.15, 0.2) is 54.7 Å². The molecule has 0 fully saturated rings. The van der Waals surface area contributed by atoms with Gasteiger partial charge in [-0.25, -0.2) is 4.79 Å². The lowest BCUT2D eigenvalue weighted by Crippen LogP contribution is -2.24. The maximum atomic E-state index is 12.6. The molecule has 2 aromatic carbocycles. The number of amides is 1. The summed E-state index contributed by atoms with van der Waals surface area (Å²) in [6, 6.07) is 14.5. The number of aromatic amines is 1. The molecular weight excluding hydrogens is 356 g/mol. The van der Waals surface area contributed by atoms with Crippen LogP contribution < -0.4 is 5.32 Å². The van der Waals surface area contributed by atoms with Crippen LogP contribution in [-0.2, 0) is 16.0 Å². The fraction of sp³-hybridized carbons (Fsp3) is 0.227. The first-order chi connectivity index (χ1) is 13.5. The van der Waals surface area contributed by atoms with E-state index in [1.165, 1.54) is 6.92 Å². The maximum absolute atomic E-state index is 12.6. The Bertz CT molecular complexity index is 1000. The number of aromatic nitrogens is 1. The number of hydrogen-bond donors (Lipinski definition) is 2. The van der Waals surface area contributed by atoms with Crippen LogP contribution in [0.5, 0.6) is 0 Å². The summed E-state index contributed by atoms with van der Waals surface area (Å²) in [5.74, 6) is -0.871. The van der Waals surface area contributed by atoms with Crippen molar-refractivity contribution in [1.29, 1.82) is 0 Å². The molecule has 3 aromatic rings. The summed E-state index contributed by atoms with van der Waals surface area (Å²) < 4.78 is 5.38. The van der Waals surface area contributed by atoms with E-state index in [4.69, 9.17) is 4.74 Å². The van der Waals surface area contributed by atoms with Gasteiger partial charge in [0.25, 0.3) is 0 Å². The van der Waals surface area contributed by atoms with E-state index in [0.717, 1.165) is 16.5 Å². The average molecular weight is 378 g/mol. The summed E-state index contributed by atoms with van der Waals surface area (Å²) in [4.78, 5) is 39.0. The van der Waals surface area contributed by atoms with Gasteiger partial charge in [0.05, 0.1) is 5.56 Å². The summed E-state index contributed by atoms with van der Waals surface area (Å²) >= 11 is 0. The van der Waals surface area contributed by atoms with Gasteiger partial charge in [0, 0.05) is 36.1 Å². The first kappa shape index (κ1) is 19.4. The van der Waals surface area contributed by atoms with E-state index in [2.05, 4.69) is 10.3 Å². The number of esters is 1. The number of nitrogens with one attached hydrogen (secondary N) is 2. The minimum absolute atomic E-state index is 0.0716. The van der Waals surface area contributed by atoms with Crippen molar-refractivity contribution in [2.45, 2.75) is 26.4 Å². The monoisotopic (exact) mass is 378 g/mol. The number of rotatable bonds is 7. The van der Waals surface area contributed by atoms with Gasteiger partial charge in [-0.15, -0.1) is 0 Å². The standard InChI is InChI=1S/C22H22N2O4/c1-14(28-22(27)19-13-24-20-6-4-3-5-18(19)20)21(26)17-9-7-16(8-10-17)11-12-23-15(2)25/h3-10,13-14,24H,11-12H2,1-2H3,(H,23,25)/t14-/m0/s1. The van der Waals surface area contributed by atoms with E-state index in [0.29, 0.717) is 24.1 Å². The molecular formula is C22H22N2O4. The smallest absolute Gasteiger partial charge is 0.341 e. The van der Waals surface area contributed by atoms with Crippen molar-refractivity contribution in [2.75, 3.05) is 6.54 Å². The Balaban J connectivity index is 1.62. The van der Waals surface area contributed by atoms with Crippen LogP contribution >= 0.6 is 0 Å². The third-order valence-corrected chi connectivity index (χ3v) is 4.49. The van der Waals surface area contributed by atoms with Crippen molar-refractivity contribution in [3.8, 4) is 0 Å². The van der Waals surface area contributed by atoms with Crippen molar-refractivity contribution >= 4 is 28.6 Å². The quantitative estimate of drug-likeness (QED) is 0.488. The van der Waals surface area contributed by atoms with Gasteiger partial charge in [0.2, 0.25) is 11.7 Å². The van der Waals surface area contributed by atoms with Gasteiger partial charge in [0.1, 0.15) is 0 Å². The van der Waals surface area contributed by atoms with Crippen LogP contribution in [0.1, 0.15) is 40.1 Å². The zero-order valence-corrected chi connectivity index (χ0v) is 15.8. The van der Waals surface area contributed by atoms with E-state index >= 15 is 0 Å². The summed E-state index contributed by atoms with van der Waals surface area (Å²) in [6.07, 6.45) is 1.37. The van der Waals surface area contributed by atoms with Crippen LogP contribution in [0.3, 0.4) is 0 Å². The molecule has 2 N–H and O–H groups in total. The van der Waals surface area contributed by atoms with Crippen LogP contribution in [0, 0.1) is 0 Å². The first-order valence-corrected chi connectivity index (χ1v) is 9.10. The molecule has 0 radical (unpaired) electrons. The molecule has 1 heterocycles. The Morgan fingerprint density at radius 2 is 1.79 bits per heavy atom. The van der Waals surface area contributed by atoms with Gasteiger partial charge < -0.3 is 15.0 Å². The predicted molar refractivity (Wildman–Crippen MR) is 106 cm³/mol. The molecule has 1 aromatic heterocycles. The van der Waals surface area contributed by atoms with Gasteiger partial charge in [-0.05, 0) is 25.0 Å². The summed E-state index contributed by atoms with van der Waals surface area (Å²) in [5.41, 5.74) is 2.73. The molecule has 0 aliphatic carbocycles. The van der Waals surface area contributed by atoms with Gasteiger partial charge in [-0.2, -0.15) is 0 Å². The number of ether oxygens (including phenoxy) is 1. The minimum atomic E-state index is -0.897. The molecule has 0 aliphatic rings. The van der Waals surface area contributed by atoms with E-state index in [1.54, 1.807) is 25.3 Å². The lowest BCUT2D eigenvalue weighted by Gasteiger charge is -2.12. The number of para-hydroxylation sites is 1. The molecule has 144 valence electrons. The van der Waals surface area contributed by atoms with Crippen molar-refractivity contribution in [3.63, 3.8) is 0 Å². The molecule has 3 rings (SSSR count). The molecule has 1 amide bonds. The van der Waals surface area contributed by atoms with Crippen LogP contribution in [-0.4, -0.2) is 35.3 Å². The second kappa shape index (κ2) is 8.52. The molecule has 0 saturated heterocycles. The second-order valence-corrected chi connectivity index (χ2v) is 6.59. The van der Waals surface area contributed by atoms with Crippen molar-refractivity contribution < 1.29 is 19.1 Å². The number of hydrogen-bond acceptors (Lipinski definition) is 4. The molecule has 0 unspecified atom stereocenters. The van der Waals surface area contributed by atoms with E-state index < -0.39 is 12.1 Å². The largest absolute Gasteiger partial charge is 0.451 e. The Morgan fingerprint density at radius 1 is 1.07 bits per heavy atom. The molecule has 6 nitrogen and oxygen atoms in total. The molecule has 1 atom stereocenters. The maximum Gasteiger partial charge on any atom is 0.341 e. The number of benzene rings is 2. The average Bonchev–Trinajstić information content (AvgIpc) is 3.12. The summed E-state index contributed by atoms with van der Waals surface area (Å²) in [5, 5.41) is 3.49. The zero-order valence-electron chi connectivity index (χ0n) is 15.8. The van der Waals surface area contributed by atoms with E-state index in [1.807, 2.05) is 36.4 Å². The Kier molecular flexibility index (Phi) is 5.89. The topological polar surface area (TPSA) is 88.3 Å².